The lowest BCUT2D eigenvalue weighted by Gasteiger charge is -2.23. The summed E-state index contributed by atoms with van der Waals surface area (Å²) in [5.41, 5.74) is 0.607. The summed E-state index contributed by atoms with van der Waals surface area (Å²) in [7, 11) is 0. The minimum atomic E-state index is -0.808. The third-order valence-electron chi connectivity index (χ3n) is 6.09. The number of nitrogens with zero attached hydrogens (tertiary/aromatic N) is 2. The Morgan fingerprint density at radius 1 is 1.12 bits per heavy atom. The molecule has 0 aliphatic heterocycles. The van der Waals surface area contributed by atoms with E-state index in [-0.39, 0.29) is 12.5 Å². The lowest BCUT2D eigenvalue weighted by Crippen LogP contribution is -2.51. The zero-order valence-corrected chi connectivity index (χ0v) is 21.0. The lowest BCUT2D eigenvalue weighted by atomic mass is 9.89. The fourth-order valence-corrected chi connectivity index (χ4v) is 4.44. The second kappa shape index (κ2) is 11.0. The van der Waals surface area contributed by atoms with E-state index in [0.717, 1.165) is 17.4 Å². The highest BCUT2D eigenvalue weighted by molar-refractivity contribution is 6.06. The van der Waals surface area contributed by atoms with E-state index in [1.807, 2.05) is 42.8 Å². The Morgan fingerprint density at radius 3 is 2.44 bits per heavy atom. The summed E-state index contributed by atoms with van der Waals surface area (Å²) in [5.74, 6) is -0.972. The van der Waals surface area contributed by atoms with Crippen molar-refractivity contribution in [2.24, 2.45) is 11.8 Å². The molecule has 1 fully saturated rings. The van der Waals surface area contributed by atoms with Crippen LogP contribution in [0.5, 0.6) is 0 Å². The van der Waals surface area contributed by atoms with Gasteiger partial charge in [-0.1, -0.05) is 51.3 Å². The molecule has 0 saturated heterocycles. The third-order valence-corrected chi connectivity index (χ3v) is 6.09. The van der Waals surface area contributed by atoms with Crippen LogP contribution in [0, 0.1) is 11.8 Å². The van der Waals surface area contributed by atoms with E-state index in [1.165, 1.54) is 32.1 Å². The van der Waals surface area contributed by atoms with Crippen LogP contribution in [0.3, 0.4) is 0 Å². The number of ether oxygens (including phenoxy) is 1. The van der Waals surface area contributed by atoms with Gasteiger partial charge in [0.15, 0.2) is 5.69 Å². The number of hydrogen-bond donors (Lipinski definition) is 2. The van der Waals surface area contributed by atoms with E-state index in [2.05, 4.69) is 15.7 Å². The Balaban J connectivity index is 1.72. The summed E-state index contributed by atoms with van der Waals surface area (Å²) in [6.07, 6.45) is 6.14. The van der Waals surface area contributed by atoms with Gasteiger partial charge in [-0.25, -0.2) is 0 Å². The van der Waals surface area contributed by atoms with E-state index in [1.54, 1.807) is 20.8 Å². The van der Waals surface area contributed by atoms with Crippen LogP contribution in [0.15, 0.2) is 24.3 Å². The van der Waals surface area contributed by atoms with E-state index in [0.29, 0.717) is 11.6 Å². The van der Waals surface area contributed by atoms with Crippen LogP contribution in [0.4, 0.5) is 0 Å². The van der Waals surface area contributed by atoms with Gasteiger partial charge in [0, 0.05) is 11.9 Å². The molecular weight excluding hydrogens is 432 g/mol. The largest absolute Gasteiger partial charge is 0.459 e. The molecule has 1 saturated carbocycles. The number of rotatable bonds is 8. The Kier molecular flexibility index (Phi) is 8.33. The average Bonchev–Trinajstić information content (AvgIpc) is 3.13. The molecule has 8 heteroatoms. The molecular formula is C26H38N4O4. The first-order chi connectivity index (χ1) is 16.0. The summed E-state index contributed by atoms with van der Waals surface area (Å²) in [6.45, 7) is 9.52. The first-order valence-corrected chi connectivity index (χ1v) is 12.3. The second-order valence-corrected chi connectivity index (χ2v) is 10.6. The molecule has 0 spiro atoms. The fraction of sp³-hybridized carbons (Fsp3) is 0.615. The maximum absolute atomic E-state index is 13.3. The van der Waals surface area contributed by atoms with Crippen molar-refractivity contribution >= 4 is 28.7 Å². The van der Waals surface area contributed by atoms with E-state index >= 15 is 0 Å². The average molecular weight is 471 g/mol. The fourth-order valence-electron chi connectivity index (χ4n) is 4.44. The number of carbonyl (C=O) groups is 3. The predicted octanol–water partition coefficient (Wildman–Crippen LogP) is 3.83. The van der Waals surface area contributed by atoms with Gasteiger partial charge >= 0.3 is 5.97 Å². The smallest absolute Gasteiger partial charge is 0.325 e. The van der Waals surface area contributed by atoms with Crippen molar-refractivity contribution < 1.29 is 19.1 Å². The molecule has 1 atom stereocenters. The normalized spacial score (nSPS) is 15.8. The minimum absolute atomic E-state index is 0.182. The Hall–Kier alpha value is -2.90. The highest BCUT2D eigenvalue weighted by Crippen LogP contribution is 2.27. The van der Waals surface area contributed by atoms with Gasteiger partial charge in [0.2, 0.25) is 5.91 Å². The molecule has 8 nitrogen and oxygen atoms in total. The summed E-state index contributed by atoms with van der Waals surface area (Å²) < 4.78 is 7.18. The molecule has 2 amide bonds. The van der Waals surface area contributed by atoms with Crippen LogP contribution < -0.4 is 10.6 Å². The molecule has 1 aromatic carbocycles. The van der Waals surface area contributed by atoms with E-state index in [9.17, 15) is 14.4 Å². The first kappa shape index (κ1) is 25.7. The number of carbonyl (C=O) groups excluding carboxylic acids is 3. The van der Waals surface area contributed by atoms with Crippen LogP contribution in [-0.4, -0.2) is 45.8 Å². The van der Waals surface area contributed by atoms with Crippen molar-refractivity contribution in [3.05, 3.63) is 30.0 Å². The van der Waals surface area contributed by atoms with Crippen molar-refractivity contribution in [3.8, 4) is 0 Å². The van der Waals surface area contributed by atoms with Crippen LogP contribution in [0.25, 0.3) is 10.9 Å². The van der Waals surface area contributed by atoms with Gasteiger partial charge in [-0.3, -0.25) is 19.1 Å². The highest BCUT2D eigenvalue weighted by Gasteiger charge is 2.28. The van der Waals surface area contributed by atoms with Gasteiger partial charge < -0.3 is 15.4 Å². The van der Waals surface area contributed by atoms with Crippen LogP contribution >= 0.6 is 0 Å². The summed E-state index contributed by atoms with van der Waals surface area (Å²) in [5, 5.41) is 10.9. The number of fused-ring (bicyclic) bond motifs is 1. The van der Waals surface area contributed by atoms with Crippen molar-refractivity contribution in [3.63, 3.8) is 0 Å². The number of hydrogen-bond acceptors (Lipinski definition) is 5. The zero-order valence-electron chi connectivity index (χ0n) is 21.0. The molecule has 1 aromatic heterocycles. The predicted molar refractivity (Wildman–Crippen MR) is 131 cm³/mol. The standard InChI is InChI=1S/C26H38N4O4/c1-17(2)22(24(32)27-15-21(31)34-26(3,4)5)28-25(33)23-19-13-9-10-14-20(19)30(29-23)16-18-11-7-6-8-12-18/h9-10,13-14,17-18,22H,6-8,11-12,15-16H2,1-5H3,(H,27,32)(H,28,33)/t22-/m0/s1. The number of benzene rings is 1. The van der Waals surface area contributed by atoms with Crippen molar-refractivity contribution in [2.75, 3.05) is 6.54 Å². The van der Waals surface area contributed by atoms with Crippen molar-refractivity contribution in [2.45, 2.75) is 84.9 Å². The first-order valence-electron chi connectivity index (χ1n) is 12.3. The van der Waals surface area contributed by atoms with Crippen LogP contribution in [0.2, 0.25) is 0 Å². The van der Waals surface area contributed by atoms with Gasteiger partial charge in [0.05, 0.1) is 5.52 Å². The zero-order chi connectivity index (χ0) is 24.9. The molecule has 0 unspecified atom stereocenters. The molecule has 1 aliphatic carbocycles. The number of para-hydroxylation sites is 1. The van der Waals surface area contributed by atoms with Crippen LogP contribution in [0.1, 0.15) is 77.2 Å². The number of aromatic nitrogens is 2. The van der Waals surface area contributed by atoms with Crippen molar-refractivity contribution in [1.82, 2.24) is 20.4 Å². The molecule has 1 heterocycles. The topological polar surface area (TPSA) is 102 Å². The van der Waals surface area contributed by atoms with Gasteiger partial charge in [0.25, 0.3) is 5.91 Å². The molecule has 1 aliphatic rings. The van der Waals surface area contributed by atoms with Crippen LogP contribution in [-0.2, 0) is 20.9 Å². The van der Waals surface area contributed by atoms with Gasteiger partial charge in [-0.15, -0.1) is 0 Å². The highest BCUT2D eigenvalue weighted by atomic mass is 16.6. The minimum Gasteiger partial charge on any atom is -0.459 e. The summed E-state index contributed by atoms with van der Waals surface area (Å²) >= 11 is 0. The SMILES string of the molecule is CC(C)[C@H](NC(=O)c1nn(CC2CCCCC2)c2ccccc12)C(=O)NCC(=O)OC(C)(C)C. The lowest BCUT2D eigenvalue weighted by molar-refractivity contribution is -0.154. The van der Waals surface area contributed by atoms with Gasteiger partial charge in [0.1, 0.15) is 18.2 Å². The molecule has 2 aromatic rings. The number of amides is 2. The molecule has 2 N–H and O–H groups in total. The monoisotopic (exact) mass is 470 g/mol. The summed E-state index contributed by atoms with van der Waals surface area (Å²) in [6, 6.07) is 6.90. The summed E-state index contributed by atoms with van der Waals surface area (Å²) in [4.78, 5) is 38.0. The van der Waals surface area contributed by atoms with Gasteiger partial charge in [-0.2, -0.15) is 5.10 Å². The molecule has 3 rings (SSSR count). The number of esters is 1. The third kappa shape index (κ3) is 6.81. The number of nitrogens with one attached hydrogen (secondary N) is 2. The molecule has 0 radical (unpaired) electrons. The van der Waals surface area contributed by atoms with Gasteiger partial charge in [-0.05, 0) is 51.5 Å². The maximum atomic E-state index is 13.3. The van der Waals surface area contributed by atoms with E-state index in [4.69, 9.17) is 4.74 Å². The molecule has 186 valence electrons. The second-order valence-electron chi connectivity index (χ2n) is 10.6. The molecule has 34 heavy (non-hydrogen) atoms. The Labute approximate surface area is 201 Å². The van der Waals surface area contributed by atoms with Crippen molar-refractivity contribution in [1.29, 1.82) is 0 Å². The quantitative estimate of drug-likeness (QED) is 0.571. The van der Waals surface area contributed by atoms with E-state index < -0.39 is 29.4 Å². The maximum Gasteiger partial charge on any atom is 0.325 e. The Bertz CT molecular complexity index is 1020. The Morgan fingerprint density at radius 2 is 1.79 bits per heavy atom. The molecule has 0 bridgehead atoms.